The minimum Gasteiger partial charge on any atom is -0.381 e. The molecule has 2 unspecified atom stereocenters. The summed E-state index contributed by atoms with van der Waals surface area (Å²) in [7, 11) is 0. The van der Waals surface area contributed by atoms with Crippen molar-refractivity contribution < 1.29 is 22.8 Å². The maximum Gasteiger partial charge on any atom is 0.416 e. The van der Waals surface area contributed by atoms with Gasteiger partial charge in [0, 0.05) is 33.9 Å². The molecule has 0 aromatic heterocycles. The van der Waals surface area contributed by atoms with E-state index in [0.717, 1.165) is 12.1 Å². The molecule has 4 N–H and O–H groups in total. The largest absolute Gasteiger partial charge is 0.416 e. The summed E-state index contributed by atoms with van der Waals surface area (Å²) >= 11 is 32.2. The second-order valence-corrected chi connectivity index (χ2v) is 13.3. The molecular weight excluding hydrogens is 693 g/mol. The van der Waals surface area contributed by atoms with Gasteiger partial charge in [-0.2, -0.15) is 13.2 Å². The third kappa shape index (κ3) is 6.31. The fourth-order valence-corrected chi connectivity index (χ4v) is 7.32. The van der Waals surface area contributed by atoms with Gasteiger partial charge in [-0.25, -0.2) is 0 Å². The highest BCUT2D eigenvalue weighted by atomic mass is 35.5. The number of rotatable bonds is 8. The van der Waals surface area contributed by atoms with Crippen molar-refractivity contribution in [1.82, 2.24) is 0 Å². The van der Waals surface area contributed by atoms with Crippen molar-refractivity contribution in [1.29, 1.82) is 0 Å². The van der Waals surface area contributed by atoms with Crippen molar-refractivity contribution >= 4 is 81.2 Å². The van der Waals surface area contributed by atoms with Crippen LogP contribution in [0.3, 0.4) is 0 Å². The molecular formula is C32H23Cl5F3N3O2. The summed E-state index contributed by atoms with van der Waals surface area (Å²) in [6.07, 6.45) is -4.40. The first-order valence-electron chi connectivity index (χ1n) is 13.3. The Morgan fingerprint density at radius 3 is 2.11 bits per heavy atom. The number of halogens is 8. The van der Waals surface area contributed by atoms with Gasteiger partial charge in [-0.15, -0.1) is 0 Å². The molecule has 45 heavy (non-hydrogen) atoms. The zero-order valence-corrected chi connectivity index (χ0v) is 27.0. The third-order valence-corrected chi connectivity index (χ3v) is 9.56. The lowest BCUT2D eigenvalue weighted by molar-refractivity contribution is -0.137. The third-order valence-electron chi connectivity index (χ3n) is 7.76. The number of benzene rings is 4. The number of amides is 2. The van der Waals surface area contributed by atoms with Crippen LogP contribution in [0.1, 0.15) is 44.1 Å². The van der Waals surface area contributed by atoms with Crippen LogP contribution in [0.5, 0.6) is 0 Å². The van der Waals surface area contributed by atoms with Gasteiger partial charge in [0.15, 0.2) is 0 Å². The molecule has 1 saturated carbocycles. The van der Waals surface area contributed by atoms with Crippen LogP contribution in [0.2, 0.25) is 15.1 Å². The van der Waals surface area contributed by atoms with Crippen LogP contribution >= 0.6 is 58.0 Å². The van der Waals surface area contributed by atoms with Gasteiger partial charge in [-0.3, -0.25) is 9.59 Å². The second-order valence-electron chi connectivity index (χ2n) is 10.7. The zero-order valence-electron chi connectivity index (χ0n) is 23.2. The molecule has 0 saturated heterocycles. The molecule has 234 valence electrons. The molecule has 5 nitrogen and oxygen atoms in total. The van der Waals surface area contributed by atoms with Gasteiger partial charge in [0.1, 0.15) is 9.75 Å². The molecule has 0 spiro atoms. The van der Waals surface area contributed by atoms with Gasteiger partial charge < -0.3 is 16.4 Å². The number of nitrogens with two attached hydrogens (primary N) is 1. The molecule has 0 aliphatic heterocycles. The van der Waals surface area contributed by atoms with E-state index >= 15 is 0 Å². The van der Waals surface area contributed by atoms with E-state index in [-0.39, 0.29) is 22.7 Å². The van der Waals surface area contributed by atoms with E-state index in [4.69, 9.17) is 63.7 Å². The molecule has 1 aliphatic rings. The zero-order chi connectivity index (χ0) is 32.9. The fraction of sp³-hybridized carbons (Fsp3) is 0.188. The first-order valence-corrected chi connectivity index (χ1v) is 15.2. The minimum atomic E-state index is -4.40. The van der Waals surface area contributed by atoms with Crippen LogP contribution in [-0.2, 0) is 22.9 Å². The SMILES string of the molecule is Cc1cc(NCc2ccc(C(F)(F)F)cc2)ccc1NC(=O)c1cc(C2(C(N)=O)C(c3cc(Cl)cc(Cl)c3)C2(Cl)Cl)ccc1Cl. The first kappa shape index (κ1) is 33.2. The van der Waals surface area contributed by atoms with Gasteiger partial charge >= 0.3 is 6.18 Å². The Hall–Kier alpha value is -3.14. The Labute approximate surface area is 281 Å². The molecule has 0 heterocycles. The summed E-state index contributed by atoms with van der Waals surface area (Å²) in [5.74, 6) is -2.19. The van der Waals surface area contributed by atoms with Crippen LogP contribution < -0.4 is 16.4 Å². The van der Waals surface area contributed by atoms with Crippen LogP contribution in [-0.4, -0.2) is 16.1 Å². The number of carbonyl (C=O) groups excluding carboxylic acids is 2. The fourth-order valence-electron chi connectivity index (χ4n) is 5.48. The predicted octanol–water partition coefficient (Wildman–Crippen LogP) is 9.53. The molecule has 13 heteroatoms. The van der Waals surface area contributed by atoms with E-state index in [1.165, 1.54) is 36.4 Å². The van der Waals surface area contributed by atoms with E-state index in [9.17, 15) is 22.8 Å². The summed E-state index contributed by atoms with van der Waals surface area (Å²) in [6, 6.07) is 19.2. The van der Waals surface area contributed by atoms with Crippen molar-refractivity contribution in [3.05, 3.63) is 127 Å². The van der Waals surface area contributed by atoms with E-state index < -0.39 is 39.2 Å². The lowest BCUT2D eigenvalue weighted by Gasteiger charge is -2.18. The Bertz CT molecular complexity index is 1790. The molecule has 2 amide bonds. The molecule has 4 aromatic carbocycles. The smallest absolute Gasteiger partial charge is 0.381 e. The average molecular weight is 716 g/mol. The summed E-state index contributed by atoms with van der Waals surface area (Å²) in [6.45, 7) is 2.07. The average Bonchev–Trinajstić information content (AvgIpc) is 3.49. The number of nitrogens with one attached hydrogen (secondary N) is 2. The molecule has 4 aromatic rings. The van der Waals surface area contributed by atoms with Crippen molar-refractivity contribution in [2.45, 2.75) is 35.3 Å². The van der Waals surface area contributed by atoms with Gasteiger partial charge in [0.25, 0.3) is 5.91 Å². The molecule has 0 radical (unpaired) electrons. The highest BCUT2D eigenvalue weighted by Gasteiger charge is 2.80. The minimum absolute atomic E-state index is 0.0533. The number of aryl methyl sites for hydroxylation is 1. The van der Waals surface area contributed by atoms with E-state index in [0.29, 0.717) is 38.1 Å². The van der Waals surface area contributed by atoms with Gasteiger partial charge in [-0.05, 0) is 89.8 Å². The number of hydrogen-bond acceptors (Lipinski definition) is 3. The number of carbonyl (C=O) groups is 2. The standard InChI is InChI=1S/C32H23Cl5F3N3O2/c1-16-10-23(42-15-17-2-4-19(5-3-17)32(38,39)40)7-9-26(16)43-28(44)24-13-20(6-8-25(24)35)30(29(41)45)27(31(30,36)37)18-11-21(33)14-22(34)12-18/h2-14,27,42H,15H2,1H3,(H2,41,45)(H,43,44). The van der Waals surface area contributed by atoms with E-state index in [1.807, 2.05) is 0 Å². The van der Waals surface area contributed by atoms with Crippen molar-refractivity contribution in [2.24, 2.45) is 5.73 Å². The maximum atomic E-state index is 13.4. The molecule has 5 rings (SSSR count). The number of hydrogen-bond donors (Lipinski definition) is 3. The van der Waals surface area contributed by atoms with Crippen LogP contribution in [0.4, 0.5) is 24.5 Å². The summed E-state index contributed by atoms with van der Waals surface area (Å²) in [5, 5.41) is 6.73. The normalized spacial score (nSPS) is 18.7. The Balaban J connectivity index is 1.35. The van der Waals surface area contributed by atoms with Crippen molar-refractivity contribution in [2.75, 3.05) is 10.6 Å². The predicted molar refractivity (Wildman–Crippen MR) is 174 cm³/mol. The monoisotopic (exact) mass is 713 g/mol. The van der Waals surface area contributed by atoms with Gasteiger partial charge in [-0.1, -0.05) is 76.2 Å². The van der Waals surface area contributed by atoms with Crippen molar-refractivity contribution in [3.63, 3.8) is 0 Å². The van der Waals surface area contributed by atoms with Crippen LogP contribution in [0, 0.1) is 6.92 Å². The second kappa shape index (κ2) is 12.2. The lowest BCUT2D eigenvalue weighted by atomic mass is 9.88. The van der Waals surface area contributed by atoms with Crippen LogP contribution in [0.15, 0.2) is 78.9 Å². The molecule has 2 atom stereocenters. The highest BCUT2D eigenvalue weighted by molar-refractivity contribution is 6.55. The molecule has 1 aliphatic carbocycles. The van der Waals surface area contributed by atoms with Gasteiger partial charge in [0.2, 0.25) is 5.91 Å². The first-order chi connectivity index (χ1) is 21.0. The quantitative estimate of drug-likeness (QED) is 0.159. The Kier molecular flexibility index (Phi) is 9.03. The number of alkyl halides is 5. The number of primary amides is 1. The summed E-state index contributed by atoms with van der Waals surface area (Å²) in [4.78, 5) is 26.4. The van der Waals surface area contributed by atoms with Crippen LogP contribution in [0.25, 0.3) is 0 Å². The Morgan fingerprint density at radius 2 is 1.53 bits per heavy atom. The maximum absolute atomic E-state index is 13.4. The van der Waals surface area contributed by atoms with Gasteiger partial charge in [0.05, 0.1) is 16.1 Å². The summed E-state index contributed by atoms with van der Waals surface area (Å²) < 4.78 is 36.8. The van der Waals surface area contributed by atoms with E-state index in [2.05, 4.69) is 10.6 Å². The van der Waals surface area contributed by atoms with Crippen molar-refractivity contribution in [3.8, 4) is 0 Å². The molecule has 0 bridgehead atoms. The van der Waals surface area contributed by atoms with E-state index in [1.54, 1.807) is 37.3 Å². The number of anilines is 2. The highest BCUT2D eigenvalue weighted by Crippen LogP contribution is 2.74. The summed E-state index contributed by atoms with van der Waals surface area (Å²) in [5.41, 5.74) is 6.93. The lowest BCUT2D eigenvalue weighted by Crippen LogP contribution is -2.34. The molecule has 1 fully saturated rings. The topological polar surface area (TPSA) is 84.2 Å². The Morgan fingerprint density at radius 1 is 0.889 bits per heavy atom.